The quantitative estimate of drug-likeness (QED) is 0.832. The molecular formula is C17H25N3. The van der Waals surface area contributed by atoms with Gasteiger partial charge >= 0.3 is 0 Å². The molecule has 0 saturated carbocycles. The van der Waals surface area contributed by atoms with Crippen LogP contribution in [0, 0.1) is 13.8 Å². The number of piperazine rings is 1. The zero-order valence-electron chi connectivity index (χ0n) is 13.1. The van der Waals surface area contributed by atoms with Crippen LogP contribution in [-0.4, -0.2) is 42.2 Å². The predicted molar refractivity (Wildman–Crippen MR) is 86.7 cm³/mol. The summed E-state index contributed by atoms with van der Waals surface area (Å²) in [6, 6.07) is 6.93. The van der Waals surface area contributed by atoms with Crippen LogP contribution in [0.4, 0.5) is 5.69 Å². The van der Waals surface area contributed by atoms with Gasteiger partial charge in [0, 0.05) is 55.5 Å². The van der Waals surface area contributed by atoms with Gasteiger partial charge in [-0.2, -0.15) is 0 Å². The van der Waals surface area contributed by atoms with Crippen LogP contribution in [-0.2, 0) is 7.05 Å². The Bertz CT molecular complexity index is 619. The van der Waals surface area contributed by atoms with Crippen molar-refractivity contribution in [3.05, 3.63) is 29.5 Å². The molecule has 3 nitrogen and oxygen atoms in total. The summed E-state index contributed by atoms with van der Waals surface area (Å²) in [5.74, 6) is 0. The van der Waals surface area contributed by atoms with Crippen LogP contribution < -0.4 is 4.90 Å². The Morgan fingerprint density at radius 3 is 2.40 bits per heavy atom. The van der Waals surface area contributed by atoms with E-state index in [0.29, 0.717) is 0 Å². The summed E-state index contributed by atoms with van der Waals surface area (Å²) in [6.07, 6.45) is 0. The predicted octanol–water partition coefficient (Wildman–Crippen LogP) is 2.94. The second-order valence-corrected chi connectivity index (χ2v) is 5.89. The first-order valence-corrected chi connectivity index (χ1v) is 7.64. The highest BCUT2D eigenvalue weighted by atomic mass is 15.3. The first kappa shape index (κ1) is 13.5. The Balaban J connectivity index is 1.92. The maximum absolute atomic E-state index is 2.52. The molecule has 3 heteroatoms. The van der Waals surface area contributed by atoms with E-state index in [1.165, 1.54) is 47.5 Å². The molecule has 1 aliphatic heterocycles. The monoisotopic (exact) mass is 271 g/mol. The molecule has 2 aromatic rings. The van der Waals surface area contributed by atoms with Crippen molar-refractivity contribution in [2.45, 2.75) is 20.8 Å². The van der Waals surface area contributed by atoms with Gasteiger partial charge in [0.25, 0.3) is 0 Å². The van der Waals surface area contributed by atoms with Crippen LogP contribution in [0.25, 0.3) is 10.9 Å². The number of aromatic nitrogens is 1. The topological polar surface area (TPSA) is 11.4 Å². The molecule has 0 aliphatic carbocycles. The van der Waals surface area contributed by atoms with Gasteiger partial charge in [0.1, 0.15) is 0 Å². The fourth-order valence-electron chi connectivity index (χ4n) is 3.26. The molecular weight excluding hydrogens is 246 g/mol. The third kappa shape index (κ3) is 2.10. The zero-order valence-corrected chi connectivity index (χ0v) is 13.1. The second-order valence-electron chi connectivity index (χ2n) is 5.89. The smallest absolute Gasteiger partial charge is 0.0484 e. The summed E-state index contributed by atoms with van der Waals surface area (Å²) in [7, 11) is 2.16. The number of rotatable bonds is 2. The maximum atomic E-state index is 2.52. The van der Waals surface area contributed by atoms with Gasteiger partial charge in [0.15, 0.2) is 0 Å². The molecule has 1 saturated heterocycles. The minimum absolute atomic E-state index is 1.14. The van der Waals surface area contributed by atoms with E-state index < -0.39 is 0 Å². The van der Waals surface area contributed by atoms with Gasteiger partial charge in [-0.15, -0.1) is 0 Å². The van der Waals surface area contributed by atoms with Gasteiger partial charge in [-0.1, -0.05) is 6.92 Å². The van der Waals surface area contributed by atoms with E-state index in [2.05, 4.69) is 60.4 Å². The number of fused-ring (bicyclic) bond motifs is 1. The summed E-state index contributed by atoms with van der Waals surface area (Å²) >= 11 is 0. The Morgan fingerprint density at radius 2 is 1.75 bits per heavy atom. The third-order valence-electron chi connectivity index (χ3n) is 4.98. The molecule has 0 bridgehead atoms. The van der Waals surface area contributed by atoms with Crippen LogP contribution in [0.1, 0.15) is 18.2 Å². The molecule has 0 atom stereocenters. The molecule has 1 aliphatic rings. The van der Waals surface area contributed by atoms with E-state index in [-0.39, 0.29) is 0 Å². The van der Waals surface area contributed by atoms with Crippen molar-refractivity contribution in [2.24, 2.45) is 7.05 Å². The second kappa shape index (κ2) is 5.13. The Morgan fingerprint density at radius 1 is 1.05 bits per heavy atom. The maximum Gasteiger partial charge on any atom is 0.0484 e. The van der Waals surface area contributed by atoms with Crippen LogP contribution in [0.2, 0.25) is 0 Å². The molecule has 3 rings (SSSR count). The molecule has 108 valence electrons. The van der Waals surface area contributed by atoms with E-state index in [1.54, 1.807) is 0 Å². The Labute approximate surface area is 121 Å². The Kier molecular flexibility index (Phi) is 3.47. The zero-order chi connectivity index (χ0) is 14.3. The lowest BCUT2D eigenvalue weighted by Crippen LogP contribution is -2.46. The molecule has 0 amide bonds. The van der Waals surface area contributed by atoms with Crippen LogP contribution in [0.5, 0.6) is 0 Å². The molecule has 0 spiro atoms. The number of benzene rings is 1. The van der Waals surface area contributed by atoms with Gasteiger partial charge < -0.3 is 14.4 Å². The SMILES string of the molecule is CCN1CCN(c2ccc3c(c2)c(C)c(C)n3C)CC1. The highest BCUT2D eigenvalue weighted by Crippen LogP contribution is 2.28. The van der Waals surface area contributed by atoms with Crippen molar-refractivity contribution in [1.29, 1.82) is 0 Å². The lowest BCUT2D eigenvalue weighted by molar-refractivity contribution is 0.271. The molecule has 1 aromatic heterocycles. The molecule has 2 heterocycles. The lowest BCUT2D eigenvalue weighted by Gasteiger charge is -2.35. The van der Waals surface area contributed by atoms with Gasteiger partial charge in [-0.05, 0) is 44.2 Å². The van der Waals surface area contributed by atoms with Crippen molar-refractivity contribution in [1.82, 2.24) is 9.47 Å². The van der Waals surface area contributed by atoms with Crippen LogP contribution in [0.3, 0.4) is 0 Å². The third-order valence-corrected chi connectivity index (χ3v) is 4.98. The van der Waals surface area contributed by atoms with Crippen molar-refractivity contribution < 1.29 is 0 Å². The Hall–Kier alpha value is -1.48. The number of aryl methyl sites for hydroxylation is 2. The highest BCUT2D eigenvalue weighted by Gasteiger charge is 2.17. The summed E-state index contributed by atoms with van der Waals surface area (Å²) in [6.45, 7) is 12.5. The molecule has 0 N–H and O–H groups in total. The summed E-state index contributed by atoms with van der Waals surface area (Å²) in [5, 5.41) is 1.40. The van der Waals surface area contributed by atoms with E-state index in [9.17, 15) is 0 Å². The van der Waals surface area contributed by atoms with Gasteiger partial charge in [0.2, 0.25) is 0 Å². The standard InChI is InChI=1S/C17H25N3/c1-5-19-8-10-20(11-9-19)15-6-7-17-16(12-15)13(2)14(3)18(17)4/h6-7,12H,5,8-11H2,1-4H3. The average molecular weight is 271 g/mol. The first-order valence-electron chi connectivity index (χ1n) is 7.64. The number of anilines is 1. The van der Waals surface area contributed by atoms with Gasteiger partial charge in [0.05, 0.1) is 0 Å². The minimum atomic E-state index is 1.14. The molecule has 0 radical (unpaired) electrons. The molecule has 0 unspecified atom stereocenters. The fourth-order valence-corrected chi connectivity index (χ4v) is 3.26. The van der Waals surface area contributed by atoms with E-state index in [1.807, 2.05) is 0 Å². The van der Waals surface area contributed by atoms with E-state index >= 15 is 0 Å². The molecule has 20 heavy (non-hydrogen) atoms. The van der Waals surface area contributed by atoms with Gasteiger partial charge in [-0.25, -0.2) is 0 Å². The summed E-state index contributed by atoms with van der Waals surface area (Å²) < 4.78 is 2.30. The molecule has 1 fully saturated rings. The van der Waals surface area contributed by atoms with Crippen molar-refractivity contribution >= 4 is 16.6 Å². The van der Waals surface area contributed by atoms with Crippen molar-refractivity contribution in [2.75, 3.05) is 37.6 Å². The number of nitrogens with zero attached hydrogens (tertiary/aromatic N) is 3. The lowest BCUT2D eigenvalue weighted by atomic mass is 10.1. The summed E-state index contributed by atoms with van der Waals surface area (Å²) in [4.78, 5) is 5.04. The van der Waals surface area contributed by atoms with Gasteiger partial charge in [-0.3, -0.25) is 0 Å². The largest absolute Gasteiger partial charge is 0.369 e. The number of hydrogen-bond acceptors (Lipinski definition) is 2. The van der Waals surface area contributed by atoms with Crippen LogP contribution >= 0.6 is 0 Å². The fraction of sp³-hybridized carbons (Fsp3) is 0.529. The highest BCUT2D eigenvalue weighted by molar-refractivity contribution is 5.88. The summed E-state index contributed by atoms with van der Waals surface area (Å²) in [5.41, 5.74) is 5.50. The van der Waals surface area contributed by atoms with Crippen LogP contribution in [0.15, 0.2) is 18.2 Å². The average Bonchev–Trinajstić information content (AvgIpc) is 2.72. The minimum Gasteiger partial charge on any atom is -0.369 e. The first-order chi connectivity index (χ1) is 9.61. The normalized spacial score (nSPS) is 17.1. The van der Waals surface area contributed by atoms with E-state index in [0.717, 1.165) is 13.1 Å². The van der Waals surface area contributed by atoms with E-state index in [4.69, 9.17) is 0 Å². The number of hydrogen-bond donors (Lipinski definition) is 0. The number of likely N-dealkylation sites (N-methyl/N-ethyl adjacent to an activating group) is 1. The van der Waals surface area contributed by atoms with Crippen molar-refractivity contribution in [3.8, 4) is 0 Å². The van der Waals surface area contributed by atoms with Crippen molar-refractivity contribution in [3.63, 3.8) is 0 Å². The molecule has 1 aromatic carbocycles.